The second kappa shape index (κ2) is 9.31. The van der Waals surface area contributed by atoms with Crippen molar-refractivity contribution in [3.05, 3.63) is 65.9 Å². The summed E-state index contributed by atoms with van der Waals surface area (Å²) in [5, 5.41) is 3.88. The highest BCUT2D eigenvalue weighted by Gasteiger charge is 2.49. The van der Waals surface area contributed by atoms with Crippen LogP contribution in [-0.2, 0) is 22.4 Å². The number of carbonyl (C=O) groups excluding carboxylic acids is 3. The van der Waals surface area contributed by atoms with Crippen molar-refractivity contribution in [3.8, 4) is 0 Å². The number of anilines is 1. The minimum absolute atomic E-state index is 0.186. The molecule has 2 aromatic carbocycles. The van der Waals surface area contributed by atoms with E-state index in [2.05, 4.69) is 10.3 Å². The van der Waals surface area contributed by atoms with E-state index in [0.717, 1.165) is 40.6 Å². The smallest absolute Gasteiger partial charge is 0.319 e. The largest absolute Gasteiger partial charge is 0.361 e. The Morgan fingerprint density at radius 3 is 2.67 bits per heavy atom. The summed E-state index contributed by atoms with van der Waals surface area (Å²) in [4.78, 5) is 45.8. The number of urea groups is 1. The summed E-state index contributed by atoms with van der Waals surface area (Å²) in [6.45, 7) is 2.49. The lowest BCUT2D eigenvalue weighted by molar-refractivity contribution is -0.138. The SMILES string of the molecule is C[C@@H](N)C(=O)N[C@H](Cc1c[nH]c2ccccc12)C(=O)N1CCCC2(Cc3ccccc3N2C(N)=O)C1. The molecule has 0 bridgehead atoms. The maximum Gasteiger partial charge on any atom is 0.319 e. The van der Waals surface area contributed by atoms with E-state index in [1.165, 1.54) is 0 Å². The fourth-order valence-electron chi connectivity index (χ4n) is 5.79. The van der Waals surface area contributed by atoms with Crippen LogP contribution in [0.25, 0.3) is 10.9 Å². The number of aromatic amines is 1. The lowest BCUT2D eigenvalue weighted by Crippen LogP contribution is -2.63. The fraction of sp³-hybridized carbons (Fsp3) is 0.370. The summed E-state index contributed by atoms with van der Waals surface area (Å²) >= 11 is 0. The Morgan fingerprint density at radius 1 is 1.14 bits per heavy atom. The first-order valence-corrected chi connectivity index (χ1v) is 12.4. The zero-order valence-corrected chi connectivity index (χ0v) is 20.4. The number of hydrogen-bond acceptors (Lipinski definition) is 4. The minimum atomic E-state index is -0.788. The number of benzene rings is 2. The Balaban J connectivity index is 1.43. The molecule has 0 radical (unpaired) electrons. The molecule has 1 saturated heterocycles. The number of nitrogens with one attached hydrogen (secondary N) is 2. The average molecular weight is 489 g/mol. The number of aromatic nitrogens is 1. The Morgan fingerprint density at radius 2 is 1.89 bits per heavy atom. The quantitative estimate of drug-likeness (QED) is 0.437. The van der Waals surface area contributed by atoms with Gasteiger partial charge in [-0.3, -0.25) is 14.5 Å². The third kappa shape index (κ3) is 4.19. The summed E-state index contributed by atoms with van der Waals surface area (Å²) in [6.07, 6.45) is 4.31. The molecule has 4 amide bonds. The summed E-state index contributed by atoms with van der Waals surface area (Å²) in [7, 11) is 0. The van der Waals surface area contributed by atoms with Crippen LogP contribution in [0.5, 0.6) is 0 Å². The van der Waals surface area contributed by atoms with Gasteiger partial charge in [0.2, 0.25) is 11.8 Å². The van der Waals surface area contributed by atoms with Crippen molar-refractivity contribution in [1.82, 2.24) is 15.2 Å². The molecule has 6 N–H and O–H groups in total. The zero-order chi connectivity index (χ0) is 25.4. The molecule has 3 atom stereocenters. The predicted octanol–water partition coefficient (Wildman–Crippen LogP) is 2.04. The molecular weight excluding hydrogens is 456 g/mol. The lowest BCUT2D eigenvalue weighted by atomic mass is 9.84. The molecule has 1 aromatic heterocycles. The number of carbonyl (C=O) groups is 3. The van der Waals surface area contributed by atoms with Gasteiger partial charge < -0.3 is 26.7 Å². The topological polar surface area (TPSA) is 138 Å². The number of rotatable bonds is 5. The van der Waals surface area contributed by atoms with Crippen LogP contribution in [0.2, 0.25) is 0 Å². The highest BCUT2D eigenvalue weighted by atomic mass is 16.2. The van der Waals surface area contributed by atoms with Gasteiger partial charge in [0.15, 0.2) is 0 Å². The lowest BCUT2D eigenvalue weighted by Gasteiger charge is -2.46. The first-order chi connectivity index (χ1) is 17.3. The Kier molecular flexibility index (Phi) is 6.17. The summed E-state index contributed by atoms with van der Waals surface area (Å²) in [5.41, 5.74) is 14.8. The number of piperidine rings is 1. The van der Waals surface area contributed by atoms with Gasteiger partial charge in [-0.25, -0.2) is 4.79 Å². The Bertz CT molecular complexity index is 1320. The van der Waals surface area contributed by atoms with Gasteiger partial charge in [0.25, 0.3) is 0 Å². The molecule has 2 aliphatic heterocycles. The van der Waals surface area contributed by atoms with Crippen molar-refractivity contribution >= 4 is 34.4 Å². The first-order valence-electron chi connectivity index (χ1n) is 12.4. The average Bonchev–Trinajstić information content (AvgIpc) is 3.41. The molecule has 1 fully saturated rings. The highest BCUT2D eigenvalue weighted by Crippen LogP contribution is 2.43. The molecule has 1 spiro atoms. The van der Waals surface area contributed by atoms with E-state index in [1.54, 1.807) is 16.7 Å². The number of fused-ring (bicyclic) bond motifs is 2. The van der Waals surface area contributed by atoms with Gasteiger partial charge in [0.05, 0.1) is 11.6 Å². The van der Waals surface area contributed by atoms with E-state index in [-0.39, 0.29) is 11.8 Å². The van der Waals surface area contributed by atoms with Crippen molar-refractivity contribution in [2.75, 3.05) is 18.0 Å². The van der Waals surface area contributed by atoms with Crippen LogP contribution in [0, 0.1) is 0 Å². The maximum absolute atomic E-state index is 13.9. The van der Waals surface area contributed by atoms with Crippen molar-refractivity contribution in [3.63, 3.8) is 0 Å². The van der Waals surface area contributed by atoms with Crippen molar-refractivity contribution in [1.29, 1.82) is 0 Å². The van der Waals surface area contributed by atoms with Crippen molar-refractivity contribution in [2.24, 2.45) is 11.5 Å². The number of H-pyrrole nitrogens is 1. The van der Waals surface area contributed by atoms with E-state index in [1.807, 2.05) is 54.7 Å². The molecule has 36 heavy (non-hydrogen) atoms. The van der Waals surface area contributed by atoms with E-state index in [0.29, 0.717) is 25.9 Å². The molecule has 1 unspecified atom stereocenters. The summed E-state index contributed by atoms with van der Waals surface area (Å²) in [6, 6.07) is 13.5. The number of likely N-dealkylation sites (tertiary alicyclic amines) is 1. The number of hydrogen-bond donors (Lipinski definition) is 4. The molecule has 0 saturated carbocycles. The molecule has 0 aliphatic carbocycles. The third-order valence-corrected chi connectivity index (χ3v) is 7.44. The molecule has 9 heteroatoms. The molecule has 9 nitrogen and oxygen atoms in total. The molecule has 3 aromatic rings. The zero-order valence-electron chi connectivity index (χ0n) is 20.4. The number of para-hydroxylation sites is 2. The normalized spacial score (nSPS) is 20.8. The van der Waals surface area contributed by atoms with E-state index in [9.17, 15) is 14.4 Å². The fourth-order valence-corrected chi connectivity index (χ4v) is 5.79. The first kappa shape index (κ1) is 23.9. The van der Waals surface area contributed by atoms with Gasteiger partial charge in [0, 0.05) is 42.3 Å². The number of nitrogens with two attached hydrogens (primary N) is 2. The van der Waals surface area contributed by atoms with E-state index >= 15 is 0 Å². The molecule has 5 rings (SSSR count). The standard InChI is InChI=1S/C27H32N6O3/c1-17(28)24(34)31-22(13-19-15-30-21-9-4-3-8-20(19)21)25(35)32-12-6-11-27(16-32)14-18-7-2-5-10-23(18)33(27)26(29)36/h2-5,7-10,15,17,22,30H,6,11-14,16,28H2,1H3,(H2,29,36)(H,31,34)/t17-,22-,27?/m1/s1. The minimum Gasteiger partial charge on any atom is -0.361 e. The molecule has 188 valence electrons. The highest BCUT2D eigenvalue weighted by molar-refractivity contribution is 5.96. The summed E-state index contributed by atoms with van der Waals surface area (Å²) in [5.74, 6) is -0.569. The number of amides is 4. The van der Waals surface area contributed by atoms with Gasteiger partial charge in [-0.2, -0.15) is 0 Å². The van der Waals surface area contributed by atoms with Gasteiger partial charge in [-0.05, 0) is 49.4 Å². The van der Waals surface area contributed by atoms with Crippen LogP contribution >= 0.6 is 0 Å². The Labute approximate surface area is 209 Å². The van der Waals surface area contributed by atoms with Gasteiger partial charge >= 0.3 is 6.03 Å². The van der Waals surface area contributed by atoms with Crippen LogP contribution in [-0.4, -0.2) is 58.4 Å². The predicted molar refractivity (Wildman–Crippen MR) is 138 cm³/mol. The van der Waals surface area contributed by atoms with Crippen LogP contribution in [0.1, 0.15) is 30.9 Å². The van der Waals surface area contributed by atoms with Crippen LogP contribution in [0.4, 0.5) is 10.5 Å². The van der Waals surface area contributed by atoms with Crippen LogP contribution < -0.4 is 21.7 Å². The molecule has 2 aliphatic rings. The van der Waals surface area contributed by atoms with E-state index < -0.39 is 23.7 Å². The maximum atomic E-state index is 13.9. The van der Waals surface area contributed by atoms with Gasteiger partial charge in [-0.15, -0.1) is 0 Å². The van der Waals surface area contributed by atoms with Gasteiger partial charge in [-0.1, -0.05) is 36.4 Å². The number of nitrogens with zero attached hydrogens (tertiary/aromatic N) is 2. The van der Waals surface area contributed by atoms with Crippen molar-refractivity contribution < 1.29 is 14.4 Å². The molecular formula is C27H32N6O3. The Hall–Kier alpha value is -3.85. The molecule has 3 heterocycles. The van der Waals surface area contributed by atoms with Crippen LogP contribution in [0.15, 0.2) is 54.7 Å². The van der Waals surface area contributed by atoms with E-state index in [4.69, 9.17) is 11.5 Å². The second-order valence-corrected chi connectivity index (χ2v) is 9.98. The van der Waals surface area contributed by atoms with Gasteiger partial charge in [0.1, 0.15) is 6.04 Å². The summed E-state index contributed by atoms with van der Waals surface area (Å²) < 4.78 is 0. The van der Waals surface area contributed by atoms with Crippen molar-refractivity contribution in [2.45, 2.75) is 50.2 Å². The van der Waals surface area contributed by atoms with Crippen LogP contribution in [0.3, 0.4) is 0 Å². The monoisotopic (exact) mass is 488 g/mol. The second-order valence-electron chi connectivity index (χ2n) is 9.98. The third-order valence-electron chi connectivity index (χ3n) is 7.44. The number of primary amides is 1.